The Morgan fingerprint density at radius 1 is 1.14 bits per heavy atom. The maximum atomic E-state index is 12.1. The predicted molar refractivity (Wildman–Crippen MR) is 78.8 cm³/mol. The van der Waals surface area contributed by atoms with E-state index in [0.717, 1.165) is 17.5 Å². The Morgan fingerprint density at radius 3 is 2.38 bits per heavy atom. The summed E-state index contributed by atoms with van der Waals surface area (Å²) in [6.45, 7) is 5.56. The Bertz CT molecular complexity index is 563. The van der Waals surface area contributed by atoms with Crippen LogP contribution in [0.1, 0.15) is 11.1 Å². The van der Waals surface area contributed by atoms with E-state index in [1.807, 2.05) is 26.0 Å². The monoisotopic (exact) mass is 289 g/mol. The molecule has 1 aromatic carbocycles. The van der Waals surface area contributed by atoms with Crippen LogP contribution in [0.15, 0.2) is 18.2 Å². The Morgan fingerprint density at radius 2 is 1.81 bits per heavy atom. The van der Waals surface area contributed by atoms with Crippen LogP contribution in [-0.2, 0) is 14.4 Å². The topological polar surface area (TPSA) is 69.7 Å². The Kier molecular flexibility index (Phi) is 4.57. The molecule has 1 aliphatic rings. The molecule has 0 unspecified atom stereocenters. The number of hydrogen-bond acceptors (Lipinski definition) is 3. The van der Waals surface area contributed by atoms with Gasteiger partial charge in [-0.2, -0.15) is 0 Å². The number of carbonyl (C=O) groups is 3. The molecular weight excluding hydrogens is 270 g/mol. The van der Waals surface area contributed by atoms with Crippen LogP contribution in [0.5, 0.6) is 0 Å². The number of nitrogens with one attached hydrogen (secondary N) is 1. The number of carbonyl (C=O) groups excluding carboxylic acids is 3. The molecule has 1 saturated heterocycles. The van der Waals surface area contributed by atoms with Crippen molar-refractivity contribution in [3.8, 4) is 0 Å². The molecule has 0 aromatic heterocycles. The lowest BCUT2D eigenvalue weighted by Gasteiger charge is -2.32. The second kappa shape index (κ2) is 6.39. The molecule has 1 aliphatic heterocycles. The minimum absolute atomic E-state index is 0.387. The van der Waals surface area contributed by atoms with Gasteiger partial charge >= 0.3 is 11.8 Å². The van der Waals surface area contributed by atoms with Crippen molar-refractivity contribution < 1.29 is 14.4 Å². The van der Waals surface area contributed by atoms with Gasteiger partial charge < -0.3 is 15.1 Å². The van der Waals surface area contributed by atoms with Gasteiger partial charge in [0.2, 0.25) is 6.41 Å². The van der Waals surface area contributed by atoms with Gasteiger partial charge in [-0.25, -0.2) is 0 Å². The van der Waals surface area contributed by atoms with E-state index in [4.69, 9.17) is 0 Å². The zero-order valence-corrected chi connectivity index (χ0v) is 12.3. The number of anilines is 1. The molecule has 2 rings (SSSR count). The minimum Gasteiger partial charge on any atom is -0.342 e. The molecule has 0 radical (unpaired) electrons. The molecule has 1 fully saturated rings. The normalized spacial score (nSPS) is 14.8. The molecule has 1 N–H and O–H groups in total. The van der Waals surface area contributed by atoms with Crippen LogP contribution < -0.4 is 5.32 Å². The first-order valence-corrected chi connectivity index (χ1v) is 6.88. The molecule has 21 heavy (non-hydrogen) atoms. The fourth-order valence-electron chi connectivity index (χ4n) is 2.30. The zero-order valence-electron chi connectivity index (χ0n) is 12.3. The lowest BCUT2D eigenvalue weighted by molar-refractivity contribution is -0.144. The molecular formula is C15H19N3O3. The maximum Gasteiger partial charge on any atom is 0.313 e. The quantitative estimate of drug-likeness (QED) is 0.638. The summed E-state index contributed by atoms with van der Waals surface area (Å²) in [6.07, 6.45) is 0.761. The van der Waals surface area contributed by atoms with E-state index >= 15 is 0 Å². The molecule has 0 aliphatic carbocycles. The summed E-state index contributed by atoms with van der Waals surface area (Å²) in [5.74, 6) is -1.19. The molecule has 3 amide bonds. The molecule has 1 aromatic rings. The second-order valence-electron chi connectivity index (χ2n) is 5.21. The largest absolute Gasteiger partial charge is 0.342 e. The fourth-order valence-corrected chi connectivity index (χ4v) is 2.30. The van der Waals surface area contributed by atoms with E-state index < -0.39 is 11.8 Å². The van der Waals surface area contributed by atoms with Gasteiger partial charge in [0.05, 0.1) is 0 Å². The van der Waals surface area contributed by atoms with Gasteiger partial charge in [-0.1, -0.05) is 17.7 Å². The number of piperazine rings is 1. The molecule has 0 spiro atoms. The van der Waals surface area contributed by atoms with Crippen molar-refractivity contribution >= 4 is 23.9 Å². The van der Waals surface area contributed by atoms with E-state index in [0.29, 0.717) is 31.9 Å². The Hall–Kier alpha value is -2.37. The number of hydrogen-bond donors (Lipinski definition) is 1. The summed E-state index contributed by atoms with van der Waals surface area (Å²) >= 11 is 0. The van der Waals surface area contributed by atoms with Crippen LogP contribution in [-0.4, -0.2) is 54.2 Å². The van der Waals surface area contributed by atoms with Crippen molar-refractivity contribution in [3.63, 3.8) is 0 Å². The van der Waals surface area contributed by atoms with Crippen LogP contribution in [0, 0.1) is 13.8 Å². The second-order valence-corrected chi connectivity index (χ2v) is 5.21. The van der Waals surface area contributed by atoms with Gasteiger partial charge in [-0.3, -0.25) is 14.4 Å². The number of benzene rings is 1. The summed E-state index contributed by atoms with van der Waals surface area (Å²) in [7, 11) is 0. The number of amides is 3. The van der Waals surface area contributed by atoms with E-state index in [2.05, 4.69) is 5.32 Å². The van der Waals surface area contributed by atoms with Crippen molar-refractivity contribution in [2.75, 3.05) is 31.5 Å². The SMILES string of the molecule is Cc1ccc(NC(=O)C(=O)N2CCN(C=O)CC2)c(C)c1. The van der Waals surface area contributed by atoms with E-state index in [-0.39, 0.29) is 0 Å². The van der Waals surface area contributed by atoms with Crippen molar-refractivity contribution in [2.24, 2.45) is 0 Å². The lowest BCUT2D eigenvalue weighted by Crippen LogP contribution is -2.51. The van der Waals surface area contributed by atoms with Gasteiger partial charge in [0.25, 0.3) is 0 Å². The summed E-state index contributed by atoms with van der Waals surface area (Å²) in [5.41, 5.74) is 2.66. The van der Waals surface area contributed by atoms with Gasteiger partial charge in [0.1, 0.15) is 0 Å². The molecule has 6 nitrogen and oxygen atoms in total. The number of rotatable bonds is 2. The predicted octanol–water partition coefficient (Wildman–Crippen LogP) is 0.543. The fraction of sp³-hybridized carbons (Fsp3) is 0.400. The molecule has 112 valence electrons. The highest BCUT2D eigenvalue weighted by atomic mass is 16.2. The first-order chi connectivity index (χ1) is 10.0. The van der Waals surface area contributed by atoms with Crippen molar-refractivity contribution in [3.05, 3.63) is 29.3 Å². The third kappa shape index (κ3) is 3.59. The van der Waals surface area contributed by atoms with Crippen LogP contribution in [0.4, 0.5) is 5.69 Å². The minimum atomic E-state index is -0.637. The van der Waals surface area contributed by atoms with Crippen molar-refractivity contribution in [1.29, 1.82) is 0 Å². The third-order valence-corrected chi connectivity index (χ3v) is 3.57. The zero-order chi connectivity index (χ0) is 15.4. The summed E-state index contributed by atoms with van der Waals surface area (Å²) < 4.78 is 0. The summed E-state index contributed by atoms with van der Waals surface area (Å²) in [4.78, 5) is 37.8. The summed E-state index contributed by atoms with van der Waals surface area (Å²) in [5, 5.41) is 2.65. The average molecular weight is 289 g/mol. The van der Waals surface area contributed by atoms with E-state index in [1.165, 1.54) is 4.90 Å². The van der Waals surface area contributed by atoms with Crippen LogP contribution in [0.25, 0.3) is 0 Å². The first kappa shape index (κ1) is 15.0. The number of aryl methyl sites for hydroxylation is 2. The van der Waals surface area contributed by atoms with E-state index in [1.54, 1.807) is 11.0 Å². The van der Waals surface area contributed by atoms with Crippen LogP contribution in [0.2, 0.25) is 0 Å². The Balaban J connectivity index is 1.97. The smallest absolute Gasteiger partial charge is 0.313 e. The van der Waals surface area contributed by atoms with Gasteiger partial charge in [0.15, 0.2) is 0 Å². The number of nitrogens with zero attached hydrogens (tertiary/aromatic N) is 2. The first-order valence-electron chi connectivity index (χ1n) is 6.88. The molecule has 1 heterocycles. The molecule has 0 atom stereocenters. The summed E-state index contributed by atoms with van der Waals surface area (Å²) in [6, 6.07) is 5.62. The van der Waals surface area contributed by atoms with Gasteiger partial charge in [-0.15, -0.1) is 0 Å². The molecule has 0 saturated carbocycles. The average Bonchev–Trinajstić information content (AvgIpc) is 2.49. The van der Waals surface area contributed by atoms with Crippen LogP contribution >= 0.6 is 0 Å². The highest BCUT2D eigenvalue weighted by Crippen LogP contribution is 2.16. The van der Waals surface area contributed by atoms with Crippen LogP contribution in [0.3, 0.4) is 0 Å². The molecule has 6 heteroatoms. The standard InChI is InChI=1S/C15H19N3O3/c1-11-3-4-13(12(2)9-11)16-14(20)15(21)18-7-5-17(10-19)6-8-18/h3-4,9-10H,5-8H2,1-2H3,(H,16,20). The van der Waals surface area contributed by atoms with Crippen molar-refractivity contribution in [1.82, 2.24) is 9.80 Å². The lowest BCUT2D eigenvalue weighted by atomic mass is 10.1. The molecule has 0 bridgehead atoms. The van der Waals surface area contributed by atoms with Gasteiger partial charge in [-0.05, 0) is 25.5 Å². The van der Waals surface area contributed by atoms with Crippen molar-refractivity contribution in [2.45, 2.75) is 13.8 Å². The Labute approximate surface area is 123 Å². The van der Waals surface area contributed by atoms with E-state index in [9.17, 15) is 14.4 Å². The highest BCUT2D eigenvalue weighted by molar-refractivity contribution is 6.39. The highest BCUT2D eigenvalue weighted by Gasteiger charge is 2.25. The maximum absolute atomic E-state index is 12.1. The third-order valence-electron chi connectivity index (χ3n) is 3.57. The van der Waals surface area contributed by atoms with Gasteiger partial charge in [0, 0.05) is 31.9 Å².